The SMILES string of the molecule is CC(C)CON=C(C(=NOC(C)C)n1cncn1)N1CN=CO1. The van der Waals surface area contributed by atoms with Gasteiger partial charge in [0.25, 0.3) is 5.84 Å². The summed E-state index contributed by atoms with van der Waals surface area (Å²) in [6.07, 6.45) is 4.08. The number of nitrogens with zero attached hydrogens (tertiary/aromatic N) is 7. The number of aliphatic imine (C=N–C) groups is 1. The predicted molar refractivity (Wildman–Crippen MR) is 83.6 cm³/mol. The Kier molecular flexibility index (Phi) is 5.89. The van der Waals surface area contributed by atoms with Crippen molar-refractivity contribution in [1.29, 1.82) is 0 Å². The third kappa shape index (κ3) is 4.94. The molecular formula is C13H21N7O3. The number of aromatic nitrogens is 3. The monoisotopic (exact) mass is 323 g/mol. The molecule has 1 aliphatic heterocycles. The molecule has 10 heteroatoms. The van der Waals surface area contributed by atoms with Crippen LogP contribution >= 0.6 is 0 Å². The fourth-order valence-electron chi connectivity index (χ4n) is 1.45. The van der Waals surface area contributed by atoms with E-state index in [0.717, 1.165) is 0 Å². The van der Waals surface area contributed by atoms with E-state index in [1.807, 2.05) is 27.7 Å². The molecule has 0 atom stereocenters. The van der Waals surface area contributed by atoms with Gasteiger partial charge in [0.1, 0.15) is 25.4 Å². The van der Waals surface area contributed by atoms with Crippen LogP contribution in [0.3, 0.4) is 0 Å². The molecule has 0 amide bonds. The number of amidine groups is 1. The molecule has 0 saturated heterocycles. The highest BCUT2D eigenvalue weighted by Gasteiger charge is 2.25. The van der Waals surface area contributed by atoms with Gasteiger partial charge in [0.05, 0.1) is 0 Å². The van der Waals surface area contributed by atoms with Crippen molar-refractivity contribution in [2.75, 3.05) is 13.3 Å². The van der Waals surface area contributed by atoms with Crippen molar-refractivity contribution in [2.24, 2.45) is 21.2 Å². The first-order valence-corrected chi connectivity index (χ1v) is 7.29. The third-order valence-corrected chi connectivity index (χ3v) is 2.44. The van der Waals surface area contributed by atoms with Crippen molar-refractivity contribution in [1.82, 2.24) is 19.8 Å². The van der Waals surface area contributed by atoms with Crippen molar-refractivity contribution in [3.63, 3.8) is 0 Å². The molecule has 0 aliphatic carbocycles. The van der Waals surface area contributed by atoms with Crippen LogP contribution in [0.1, 0.15) is 27.7 Å². The minimum absolute atomic E-state index is 0.109. The standard InChI is InChI=1S/C13H21N7O3/c1-10(2)5-21-17-13(20-8-15-9-22-20)12(18-23-11(3)4)19-7-14-6-16-19/h6-7,9-11H,5,8H2,1-4H3. The van der Waals surface area contributed by atoms with E-state index in [1.165, 1.54) is 28.8 Å². The van der Waals surface area contributed by atoms with Crippen LogP contribution in [0.5, 0.6) is 0 Å². The molecule has 0 N–H and O–H groups in total. The summed E-state index contributed by atoms with van der Waals surface area (Å²) in [5.74, 6) is 0.897. The summed E-state index contributed by atoms with van der Waals surface area (Å²) in [6.45, 7) is 8.50. The maximum absolute atomic E-state index is 5.37. The van der Waals surface area contributed by atoms with Crippen LogP contribution in [-0.2, 0) is 14.5 Å². The molecule has 23 heavy (non-hydrogen) atoms. The summed E-state index contributed by atoms with van der Waals surface area (Å²) in [7, 11) is 0. The molecule has 1 aromatic rings. The van der Waals surface area contributed by atoms with Gasteiger partial charge >= 0.3 is 0 Å². The fraction of sp³-hybridized carbons (Fsp3) is 0.615. The lowest BCUT2D eigenvalue weighted by Crippen LogP contribution is -2.38. The van der Waals surface area contributed by atoms with Gasteiger partial charge in [0.2, 0.25) is 12.2 Å². The summed E-state index contributed by atoms with van der Waals surface area (Å²) >= 11 is 0. The van der Waals surface area contributed by atoms with E-state index in [9.17, 15) is 0 Å². The van der Waals surface area contributed by atoms with E-state index in [-0.39, 0.29) is 24.4 Å². The summed E-state index contributed by atoms with van der Waals surface area (Å²) in [5, 5.41) is 13.7. The molecule has 1 aromatic heterocycles. The normalized spacial score (nSPS) is 15.5. The second-order valence-corrected chi connectivity index (χ2v) is 5.43. The summed E-state index contributed by atoms with van der Waals surface area (Å²) < 4.78 is 1.42. The number of hydrogen-bond donors (Lipinski definition) is 0. The molecule has 2 heterocycles. The molecule has 10 nitrogen and oxygen atoms in total. The van der Waals surface area contributed by atoms with Gasteiger partial charge in [-0.25, -0.2) is 9.98 Å². The van der Waals surface area contributed by atoms with E-state index in [0.29, 0.717) is 12.5 Å². The molecule has 2 rings (SSSR count). The van der Waals surface area contributed by atoms with Crippen molar-refractivity contribution in [2.45, 2.75) is 33.8 Å². The number of oxime groups is 2. The lowest BCUT2D eigenvalue weighted by Gasteiger charge is -2.18. The maximum atomic E-state index is 5.37. The number of hydroxylamine groups is 2. The van der Waals surface area contributed by atoms with Gasteiger partial charge < -0.3 is 14.5 Å². The Labute approximate surface area is 134 Å². The first-order valence-electron chi connectivity index (χ1n) is 7.29. The van der Waals surface area contributed by atoms with Gasteiger partial charge in [0, 0.05) is 0 Å². The van der Waals surface area contributed by atoms with Crippen molar-refractivity contribution in [3.05, 3.63) is 12.7 Å². The Morgan fingerprint density at radius 2 is 2.09 bits per heavy atom. The summed E-state index contributed by atoms with van der Waals surface area (Å²) in [4.78, 5) is 23.9. The van der Waals surface area contributed by atoms with Crippen molar-refractivity contribution >= 4 is 18.1 Å². The zero-order valence-corrected chi connectivity index (χ0v) is 13.7. The predicted octanol–water partition coefficient (Wildman–Crippen LogP) is 1.08. The van der Waals surface area contributed by atoms with Crippen LogP contribution < -0.4 is 0 Å². The lowest BCUT2D eigenvalue weighted by molar-refractivity contribution is 0.0291. The molecule has 0 unspecified atom stereocenters. The van der Waals surface area contributed by atoms with E-state index >= 15 is 0 Å². The quantitative estimate of drug-likeness (QED) is 0.457. The zero-order valence-electron chi connectivity index (χ0n) is 13.7. The van der Waals surface area contributed by atoms with Gasteiger partial charge in [-0.15, -0.1) is 0 Å². The minimum Gasteiger partial charge on any atom is -0.394 e. The second kappa shape index (κ2) is 8.11. The second-order valence-electron chi connectivity index (χ2n) is 5.43. The highest BCUT2D eigenvalue weighted by atomic mass is 16.7. The average Bonchev–Trinajstić information content (AvgIpc) is 3.18. The van der Waals surface area contributed by atoms with E-state index in [2.05, 4.69) is 25.4 Å². The van der Waals surface area contributed by atoms with E-state index < -0.39 is 0 Å². The Balaban J connectivity index is 2.29. The Morgan fingerprint density at radius 3 is 2.65 bits per heavy atom. The van der Waals surface area contributed by atoms with Gasteiger partial charge in [0.15, 0.2) is 6.67 Å². The fourth-order valence-corrected chi connectivity index (χ4v) is 1.45. The van der Waals surface area contributed by atoms with E-state index in [4.69, 9.17) is 14.5 Å². The molecule has 0 radical (unpaired) electrons. The van der Waals surface area contributed by atoms with Crippen LogP contribution in [0.25, 0.3) is 0 Å². The van der Waals surface area contributed by atoms with Crippen LogP contribution in [0.15, 0.2) is 28.0 Å². The van der Waals surface area contributed by atoms with Crippen LogP contribution in [0.4, 0.5) is 0 Å². The average molecular weight is 323 g/mol. The van der Waals surface area contributed by atoms with Crippen LogP contribution in [0.2, 0.25) is 0 Å². The topological polar surface area (TPSA) is 98.7 Å². The van der Waals surface area contributed by atoms with E-state index in [1.54, 1.807) is 0 Å². The molecular weight excluding hydrogens is 302 g/mol. The Bertz CT molecular complexity index is 558. The molecule has 0 spiro atoms. The van der Waals surface area contributed by atoms with Crippen molar-refractivity contribution < 1.29 is 14.5 Å². The maximum Gasteiger partial charge on any atom is 0.252 e. The van der Waals surface area contributed by atoms with Gasteiger partial charge in [-0.05, 0) is 19.8 Å². The van der Waals surface area contributed by atoms with Crippen LogP contribution in [-0.4, -0.2) is 57.3 Å². The highest BCUT2D eigenvalue weighted by Crippen LogP contribution is 2.06. The lowest BCUT2D eigenvalue weighted by atomic mass is 10.2. The molecule has 0 bridgehead atoms. The Morgan fingerprint density at radius 1 is 1.26 bits per heavy atom. The van der Waals surface area contributed by atoms with Gasteiger partial charge in [-0.1, -0.05) is 24.2 Å². The molecule has 0 saturated carbocycles. The minimum atomic E-state index is -0.109. The zero-order chi connectivity index (χ0) is 16.7. The first-order chi connectivity index (χ1) is 11.1. The molecule has 0 aromatic carbocycles. The van der Waals surface area contributed by atoms with Gasteiger partial charge in [-0.2, -0.15) is 14.8 Å². The largest absolute Gasteiger partial charge is 0.394 e. The Hall–Kier alpha value is -2.65. The smallest absolute Gasteiger partial charge is 0.252 e. The molecule has 0 fully saturated rings. The van der Waals surface area contributed by atoms with Crippen LogP contribution in [0, 0.1) is 5.92 Å². The first kappa shape index (κ1) is 16.7. The summed E-state index contributed by atoms with van der Waals surface area (Å²) in [6, 6.07) is 0. The van der Waals surface area contributed by atoms with Gasteiger partial charge in [-0.3, -0.25) is 0 Å². The molecule has 1 aliphatic rings. The van der Waals surface area contributed by atoms with Crippen molar-refractivity contribution in [3.8, 4) is 0 Å². The number of hydrogen-bond acceptors (Lipinski definition) is 8. The molecule has 126 valence electrons. The number of rotatable bonds is 5. The third-order valence-electron chi connectivity index (χ3n) is 2.44. The summed E-state index contributed by atoms with van der Waals surface area (Å²) in [5.41, 5.74) is 0. The highest BCUT2D eigenvalue weighted by molar-refractivity contribution is 6.40.